The highest BCUT2D eigenvalue weighted by Gasteiger charge is 2.35. The van der Waals surface area contributed by atoms with Gasteiger partial charge in [-0.1, -0.05) is 25.3 Å². The van der Waals surface area contributed by atoms with E-state index < -0.39 is 24.0 Å². The third-order valence-corrected chi connectivity index (χ3v) is 3.29. The molecule has 9 heteroatoms. The summed E-state index contributed by atoms with van der Waals surface area (Å²) in [4.78, 5) is 13.0. The molecular weight excluding hydrogens is 315 g/mol. The zero-order chi connectivity index (χ0) is 15.6. The second-order valence-corrected chi connectivity index (χ2v) is 6.36. The summed E-state index contributed by atoms with van der Waals surface area (Å²) in [5, 5.41) is 3.85. The number of halogens is 4. The Morgan fingerprint density at radius 1 is 1.35 bits per heavy atom. The maximum Gasteiger partial charge on any atom is 0.406 e. The largest absolute Gasteiger partial charge is 0.406 e. The molecule has 0 bridgehead atoms. The van der Waals surface area contributed by atoms with Gasteiger partial charge in [-0.25, -0.2) is 0 Å². The fourth-order valence-electron chi connectivity index (χ4n) is 1.54. The van der Waals surface area contributed by atoms with Crippen molar-refractivity contribution in [3.63, 3.8) is 0 Å². The van der Waals surface area contributed by atoms with E-state index in [2.05, 4.69) is 9.59 Å². The van der Waals surface area contributed by atoms with Crippen molar-refractivity contribution in [3.8, 4) is 0 Å². The van der Waals surface area contributed by atoms with Gasteiger partial charge in [-0.3, -0.25) is 4.79 Å². The number of amides is 1. The number of hydrogen-bond donors (Lipinski definition) is 0. The van der Waals surface area contributed by atoms with Gasteiger partial charge in [0.2, 0.25) is 0 Å². The van der Waals surface area contributed by atoms with Crippen molar-refractivity contribution in [3.05, 3.63) is 10.6 Å². The van der Waals surface area contributed by atoms with E-state index in [9.17, 15) is 18.0 Å². The van der Waals surface area contributed by atoms with Gasteiger partial charge in [-0.15, -0.1) is 16.7 Å². The molecule has 0 radical (unpaired) electrons. The van der Waals surface area contributed by atoms with Gasteiger partial charge >= 0.3 is 6.18 Å². The summed E-state index contributed by atoms with van der Waals surface area (Å²) < 4.78 is 41.2. The van der Waals surface area contributed by atoms with Gasteiger partial charge in [0, 0.05) is 17.8 Å². The highest BCUT2D eigenvalue weighted by atomic mass is 35.5. The average molecular weight is 330 g/mol. The molecule has 1 aromatic rings. The Morgan fingerprint density at radius 3 is 2.40 bits per heavy atom. The summed E-state index contributed by atoms with van der Waals surface area (Å²) in [5.41, 5.74) is -0.0719. The zero-order valence-corrected chi connectivity index (χ0v) is 12.9. The van der Waals surface area contributed by atoms with Crippen molar-refractivity contribution in [2.24, 2.45) is 0 Å². The van der Waals surface area contributed by atoms with Crippen LogP contribution in [-0.4, -0.2) is 45.5 Å². The monoisotopic (exact) mass is 329 g/mol. The van der Waals surface area contributed by atoms with Gasteiger partial charge in [-0.05, 0) is 11.5 Å². The van der Waals surface area contributed by atoms with E-state index in [0.29, 0.717) is 10.6 Å². The second-order valence-electron chi connectivity index (χ2n) is 5.23. The number of carbonyl (C=O) groups excluding carboxylic acids is 1. The Labute approximate surface area is 124 Å². The maximum absolute atomic E-state index is 12.5. The first kappa shape index (κ1) is 17.2. The minimum absolute atomic E-state index is 0.0705. The van der Waals surface area contributed by atoms with Crippen molar-refractivity contribution in [2.75, 3.05) is 19.0 Å². The van der Waals surface area contributed by atoms with Crippen LogP contribution in [0.5, 0.6) is 0 Å². The Balaban J connectivity index is 3.04. The Kier molecular flexibility index (Phi) is 5.37. The van der Waals surface area contributed by atoms with Crippen LogP contribution in [0.4, 0.5) is 13.2 Å². The Bertz CT molecular complexity index is 470. The summed E-state index contributed by atoms with van der Waals surface area (Å²) in [6, 6.07) is 0. The molecule has 0 saturated heterocycles. The van der Waals surface area contributed by atoms with E-state index in [4.69, 9.17) is 11.6 Å². The molecule has 114 valence electrons. The van der Waals surface area contributed by atoms with E-state index in [1.807, 2.05) is 20.8 Å². The van der Waals surface area contributed by atoms with Gasteiger partial charge in [0.25, 0.3) is 5.91 Å². The van der Waals surface area contributed by atoms with Crippen LogP contribution in [0.3, 0.4) is 0 Å². The molecule has 0 fully saturated rings. The smallest absolute Gasteiger partial charge is 0.328 e. The van der Waals surface area contributed by atoms with Gasteiger partial charge in [0.15, 0.2) is 0 Å². The Hall–Kier alpha value is -0.890. The molecule has 1 aromatic heterocycles. The third kappa shape index (κ3) is 4.59. The number of alkyl halides is 4. The highest BCUT2D eigenvalue weighted by molar-refractivity contribution is 7.08. The standard InChI is InChI=1S/C11H15ClF3N3OS/c1-10(2,3)8-7(20-17-16-8)9(19)18(5-4-12)6-11(13,14)15/h4-6H2,1-3H3. The molecule has 0 aliphatic rings. The number of nitrogens with zero attached hydrogens (tertiary/aromatic N) is 3. The van der Waals surface area contributed by atoms with Crippen LogP contribution in [0, 0.1) is 0 Å². The molecule has 0 atom stereocenters. The van der Waals surface area contributed by atoms with Crippen LogP contribution in [0.15, 0.2) is 0 Å². The average Bonchev–Trinajstić information content (AvgIpc) is 2.74. The van der Waals surface area contributed by atoms with Crippen LogP contribution in [0.2, 0.25) is 0 Å². The quantitative estimate of drug-likeness (QED) is 0.797. The lowest BCUT2D eigenvalue weighted by Crippen LogP contribution is -2.40. The van der Waals surface area contributed by atoms with Crippen molar-refractivity contribution >= 4 is 29.0 Å². The van der Waals surface area contributed by atoms with Crippen molar-refractivity contribution in [1.82, 2.24) is 14.5 Å². The van der Waals surface area contributed by atoms with E-state index in [1.54, 1.807) is 0 Å². The first-order chi connectivity index (χ1) is 9.06. The molecule has 0 N–H and O–H groups in total. The molecule has 0 saturated carbocycles. The topological polar surface area (TPSA) is 46.1 Å². The lowest BCUT2D eigenvalue weighted by atomic mass is 9.91. The molecule has 4 nitrogen and oxygen atoms in total. The lowest BCUT2D eigenvalue weighted by Gasteiger charge is -2.24. The van der Waals surface area contributed by atoms with Crippen LogP contribution in [0.1, 0.15) is 36.1 Å². The van der Waals surface area contributed by atoms with E-state index in [0.717, 1.165) is 11.5 Å². The van der Waals surface area contributed by atoms with Gasteiger partial charge in [0.05, 0.1) is 5.69 Å². The first-order valence-electron chi connectivity index (χ1n) is 5.81. The Morgan fingerprint density at radius 2 is 1.95 bits per heavy atom. The molecule has 0 unspecified atom stereocenters. The number of hydrogen-bond acceptors (Lipinski definition) is 4. The van der Waals surface area contributed by atoms with Gasteiger partial charge in [-0.2, -0.15) is 13.2 Å². The van der Waals surface area contributed by atoms with E-state index in [-0.39, 0.29) is 17.3 Å². The van der Waals surface area contributed by atoms with E-state index in [1.165, 1.54) is 0 Å². The highest BCUT2D eigenvalue weighted by Crippen LogP contribution is 2.27. The molecule has 1 rings (SSSR count). The number of aromatic nitrogens is 2. The SMILES string of the molecule is CC(C)(C)c1nnsc1C(=O)N(CCCl)CC(F)(F)F. The van der Waals surface area contributed by atoms with Crippen molar-refractivity contribution in [1.29, 1.82) is 0 Å². The number of carbonyl (C=O) groups is 1. The maximum atomic E-state index is 12.5. The summed E-state index contributed by atoms with van der Waals surface area (Å²) in [7, 11) is 0. The molecule has 0 aliphatic carbocycles. The molecular formula is C11H15ClF3N3OS. The first-order valence-corrected chi connectivity index (χ1v) is 7.12. The molecule has 0 aliphatic heterocycles. The summed E-state index contributed by atoms with van der Waals surface area (Å²) in [6.45, 7) is 3.93. The predicted molar refractivity (Wildman–Crippen MR) is 71.3 cm³/mol. The minimum Gasteiger partial charge on any atom is -0.328 e. The molecule has 20 heavy (non-hydrogen) atoms. The molecule has 0 aromatic carbocycles. The predicted octanol–water partition coefficient (Wildman–Crippen LogP) is 3.08. The fraction of sp³-hybridized carbons (Fsp3) is 0.727. The zero-order valence-electron chi connectivity index (χ0n) is 11.3. The normalized spacial score (nSPS) is 12.6. The van der Waals surface area contributed by atoms with Crippen molar-refractivity contribution in [2.45, 2.75) is 32.4 Å². The number of rotatable bonds is 4. The van der Waals surface area contributed by atoms with Crippen LogP contribution in [0.25, 0.3) is 0 Å². The molecule has 1 heterocycles. The van der Waals surface area contributed by atoms with Gasteiger partial charge in [0.1, 0.15) is 11.4 Å². The molecule has 1 amide bonds. The second kappa shape index (κ2) is 6.26. The lowest BCUT2D eigenvalue weighted by molar-refractivity contribution is -0.140. The van der Waals surface area contributed by atoms with Crippen molar-refractivity contribution < 1.29 is 18.0 Å². The van der Waals surface area contributed by atoms with E-state index >= 15 is 0 Å². The fourth-order valence-corrected chi connectivity index (χ4v) is 2.58. The van der Waals surface area contributed by atoms with Crippen LogP contribution in [-0.2, 0) is 5.41 Å². The minimum atomic E-state index is -4.47. The summed E-state index contributed by atoms with van der Waals surface area (Å²) in [6.07, 6.45) is -4.47. The van der Waals surface area contributed by atoms with Crippen LogP contribution >= 0.6 is 23.1 Å². The summed E-state index contributed by atoms with van der Waals surface area (Å²) in [5.74, 6) is -0.804. The third-order valence-electron chi connectivity index (χ3n) is 2.40. The van der Waals surface area contributed by atoms with Gasteiger partial charge < -0.3 is 4.90 Å². The summed E-state index contributed by atoms with van der Waals surface area (Å²) >= 11 is 6.27. The van der Waals surface area contributed by atoms with Crippen LogP contribution < -0.4 is 0 Å². The molecule has 0 spiro atoms.